The molecule has 0 aromatic heterocycles. The molecule has 0 saturated carbocycles. The van der Waals surface area contributed by atoms with Crippen molar-refractivity contribution >= 4 is 0 Å². The summed E-state index contributed by atoms with van der Waals surface area (Å²) in [6, 6.07) is -0.0441. The number of aliphatic hydroxyl groups excluding tert-OH is 2. The van der Waals surface area contributed by atoms with Crippen LogP contribution in [0.1, 0.15) is 20.3 Å². The lowest BCUT2D eigenvalue weighted by Gasteiger charge is -2.28. The van der Waals surface area contributed by atoms with E-state index in [1.807, 2.05) is 13.8 Å². The maximum atomic E-state index is 9.17. The minimum absolute atomic E-state index is 0.0441. The number of rotatable bonds is 8. The highest BCUT2D eigenvalue weighted by molar-refractivity contribution is 4.77. The van der Waals surface area contributed by atoms with Crippen molar-refractivity contribution in [1.29, 1.82) is 0 Å². The molecule has 0 amide bonds. The summed E-state index contributed by atoms with van der Waals surface area (Å²) in [5.41, 5.74) is -0.110. The predicted octanol–water partition coefficient (Wildman–Crippen LogP) is -0.00810. The van der Waals surface area contributed by atoms with Gasteiger partial charge < -0.3 is 20.3 Å². The minimum atomic E-state index is -0.110. The Morgan fingerprint density at radius 2 is 2.07 bits per heavy atom. The Morgan fingerprint density at radius 3 is 2.43 bits per heavy atom. The normalized spacial score (nSPS) is 17.8. The second-order valence-electron chi connectivity index (χ2n) is 4.04. The van der Waals surface area contributed by atoms with Gasteiger partial charge in [0.1, 0.15) is 0 Å². The monoisotopic (exact) mass is 205 g/mol. The van der Waals surface area contributed by atoms with Crippen LogP contribution in [-0.2, 0) is 4.74 Å². The smallest absolute Gasteiger partial charge is 0.0638 e. The molecule has 0 aliphatic rings. The predicted molar refractivity (Wildman–Crippen MR) is 56.2 cm³/mol. The molecule has 0 saturated heterocycles. The Labute approximate surface area is 86.3 Å². The second kappa shape index (κ2) is 7.17. The Kier molecular flexibility index (Phi) is 7.09. The molecule has 0 aromatic rings. The summed E-state index contributed by atoms with van der Waals surface area (Å²) in [4.78, 5) is 0. The fraction of sp³-hybridized carbons (Fsp3) is 1.00. The lowest BCUT2D eigenvalue weighted by Crippen LogP contribution is -2.43. The second-order valence-corrected chi connectivity index (χ2v) is 4.04. The molecule has 4 nitrogen and oxygen atoms in total. The summed E-state index contributed by atoms with van der Waals surface area (Å²) in [6.07, 6.45) is 0.904. The fourth-order valence-corrected chi connectivity index (χ4v) is 1.06. The molecule has 14 heavy (non-hydrogen) atoms. The van der Waals surface area contributed by atoms with Crippen molar-refractivity contribution < 1.29 is 14.9 Å². The first kappa shape index (κ1) is 13.8. The molecule has 2 atom stereocenters. The van der Waals surface area contributed by atoms with Gasteiger partial charge in [-0.05, 0) is 6.42 Å². The van der Waals surface area contributed by atoms with Crippen LogP contribution in [0.4, 0.5) is 0 Å². The Balaban J connectivity index is 3.87. The van der Waals surface area contributed by atoms with Gasteiger partial charge >= 0.3 is 0 Å². The van der Waals surface area contributed by atoms with Crippen LogP contribution < -0.4 is 5.32 Å². The molecule has 0 heterocycles. The molecule has 0 fully saturated rings. The molecule has 2 unspecified atom stereocenters. The highest BCUT2D eigenvalue weighted by Gasteiger charge is 2.21. The van der Waals surface area contributed by atoms with Crippen LogP contribution in [0, 0.1) is 5.41 Å². The number of methoxy groups -OCH3 is 1. The average molecular weight is 205 g/mol. The van der Waals surface area contributed by atoms with Gasteiger partial charge in [0.15, 0.2) is 0 Å². The Morgan fingerprint density at radius 1 is 1.43 bits per heavy atom. The van der Waals surface area contributed by atoms with Crippen molar-refractivity contribution in [3.8, 4) is 0 Å². The van der Waals surface area contributed by atoms with Crippen molar-refractivity contribution in [2.24, 2.45) is 5.41 Å². The van der Waals surface area contributed by atoms with Crippen LogP contribution in [0.2, 0.25) is 0 Å². The SMILES string of the molecule is CCC(C)(CO)CNC(CO)COC. The van der Waals surface area contributed by atoms with Crippen LogP contribution in [0.25, 0.3) is 0 Å². The summed E-state index contributed by atoms with van der Waals surface area (Å²) >= 11 is 0. The molecule has 0 aromatic carbocycles. The van der Waals surface area contributed by atoms with Crippen molar-refractivity contribution in [3.63, 3.8) is 0 Å². The van der Waals surface area contributed by atoms with E-state index in [0.29, 0.717) is 13.2 Å². The maximum Gasteiger partial charge on any atom is 0.0638 e. The van der Waals surface area contributed by atoms with Gasteiger partial charge in [-0.3, -0.25) is 0 Å². The molecular weight excluding hydrogens is 182 g/mol. The molecule has 0 bridgehead atoms. The van der Waals surface area contributed by atoms with E-state index < -0.39 is 0 Å². The first-order chi connectivity index (χ1) is 6.61. The highest BCUT2D eigenvalue weighted by Crippen LogP contribution is 2.18. The van der Waals surface area contributed by atoms with Crippen LogP contribution >= 0.6 is 0 Å². The third-order valence-corrected chi connectivity index (χ3v) is 2.64. The molecule has 4 heteroatoms. The van der Waals surface area contributed by atoms with Crippen LogP contribution in [-0.4, -0.2) is 49.7 Å². The number of ether oxygens (including phenoxy) is 1. The topological polar surface area (TPSA) is 61.7 Å². The summed E-state index contributed by atoms with van der Waals surface area (Å²) in [7, 11) is 1.61. The van der Waals surface area contributed by atoms with E-state index >= 15 is 0 Å². The van der Waals surface area contributed by atoms with E-state index in [0.717, 1.165) is 6.42 Å². The van der Waals surface area contributed by atoms with Gasteiger partial charge in [-0.2, -0.15) is 0 Å². The van der Waals surface area contributed by atoms with Gasteiger partial charge in [-0.25, -0.2) is 0 Å². The van der Waals surface area contributed by atoms with E-state index in [1.165, 1.54) is 0 Å². The van der Waals surface area contributed by atoms with Crippen LogP contribution in [0.5, 0.6) is 0 Å². The molecule has 86 valence electrons. The zero-order valence-corrected chi connectivity index (χ0v) is 9.42. The molecule has 0 rings (SSSR count). The van der Waals surface area contributed by atoms with Crippen molar-refractivity contribution in [3.05, 3.63) is 0 Å². The van der Waals surface area contributed by atoms with E-state index in [2.05, 4.69) is 5.32 Å². The van der Waals surface area contributed by atoms with Gasteiger partial charge in [0, 0.05) is 25.7 Å². The van der Waals surface area contributed by atoms with Gasteiger partial charge in [0.05, 0.1) is 19.3 Å². The van der Waals surface area contributed by atoms with Crippen LogP contribution in [0.15, 0.2) is 0 Å². The summed E-state index contributed by atoms with van der Waals surface area (Å²) in [5, 5.41) is 21.3. The summed E-state index contributed by atoms with van der Waals surface area (Å²) in [5.74, 6) is 0. The van der Waals surface area contributed by atoms with Crippen molar-refractivity contribution in [2.45, 2.75) is 26.3 Å². The van der Waals surface area contributed by atoms with Gasteiger partial charge in [0.25, 0.3) is 0 Å². The molecule has 3 N–H and O–H groups in total. The van der Waals surface area contributed by atoms with E-state index in [9.17, 15) is 0 Å². The third kappa shape index (κ3) is 4.91. The largest absolute Gasteiger partial charge is 0.396 e. The van der Waals surface area contributed by atoms with Crippen LogP contribution in [0.3, 0.4) is 0 Å². The molecule has 0 aliphatic carbocycles. The van der Waals surface area contributed by atoms with E-state index in [-0.39, 0.29) is 24.7 Å². The van der Waals surface area contributed by atoms with Gasteiger partial charge in [-0.1, -0.05) is 13.8 Å². The van der Waals surface area contributed by atoms with E-state index in [1.54, 1.807) is 7.11 Å². The fourth-order valence-electron chi connectivity index (χ4n) is 1.06. The number of aliphatic hydroxyl groups is 2. The van der Waals surface area contributed by atoms with E-state index in [4.69, 9.17) is 14.9 Å². The van der Waals surface area contributed by atoms with Gasteiger partial charge in [-0.15, -0.1) is 0 Å². The Hall–Kier alpha value is -0.160. The molecule has 0 aliphatic heterocycles. The Bertz CT molecular complexity index is 137. The third-order valence-electron chi connectivity index (χ3n) is 2.64. The zero-order chi connectivity index (χ0) is 11.0. The zero-order valence-electron chi connectivity index (χ0n) is 9.42. The first-order valence-corrected chi connectivity index (χ1v) is 5.06. The summed E-state index contributed by atoms with van der Waals surface area (Å²) < 4.78 is 4.94. The molecule has 0 radical (unpaired) electrons. The maximum absolute atomic E-state index is 9.17. The number of hydrogen-bond donors (Lipinski definition) is 3. The molecular formula is C10H23NO3. The molecule has 0 spiro atoms. The summed E-state index contributed by atoms with van der Waals surface area (Å²) in [6.45, 7) is 5.44. The lowest BCUT2D eigenvalue weighted by molar-refractivity contribution is 0.0984. The minimum Gasteiger partial charge on any atom is -0.396 e. The highest BCUT2D eigenvalue weighted by atomic mass is 16.5. The van der Waals surface area contributed by atoms with Gasteiger partial charge in [0.2, 0.25) is 0 Å². The lowest BCUT2D eigenvalue weighted by atomic mass is 9.88. The van der Waals surface area contributed by atoms with Crippen molar-refractivity contribution in [1.82, 2.24) is 5.32 Å². The number of hydrogen-bond acceptors (Lipinski definition) is 4. The average Bonchev–Trinajstić information content (AvgIpc) is 2.23. The quantitative estimate of drug-likeness (QED) is 0.521. The van der Waals surface area contributed by atoms with Crippen molar-refractivity contribution in [2.75, 3.05) is 33.5 Å². The standard InChI is InChI=1S/C10H23NO3/c1-4-10(2,8-13)7-11-9(5-12)6-14-3/h9,11-13H,4-8H2,1-3H3. The number of nitrogens with one attached hydrogen (secondary N) is 1. The first-order valence-electron chi connectivity index (χ1n) is 5.06.